The normalized spacial score (nSPS) is 14.1. The number of halogens is 1. The number of nitrogens with zero attached hydrogens (tertiary/aromatic N) is 3. The van der Waals surface area contributed by atoms with Gasteiger partial charge in [0.2, 0.25) is 0 Å². The number of anilines is 3. The minimum atomic E-state index is 0.650. The van der Waals surface area contributed by atoms with Gasteiger partial charge in [0.25, 0.3) is 0 Å². The first-order valence-corrected chi connectivity index (χ1v) is 13.3. The van der Waals surface area contributed by atoms with Gasteiger partial charge in [-0.25, -0.2) is 0 Å². The second-order valence-electron chi connectivity index (χ2n) is 9.10. The third kappa shape index (κ3) is 6.09. The molecule has 0 bridgehead atoms. The molecule has 0 unspecified atom stereocenters. The molecule has 5 rings (SSSR count). The first-order valence-electron chi connectivity index (χ1n) is 12.9. The van der Waals surface area contributed by atoms with E-state index in [9.17, 15) is 0 Å². The number of piperazine rings is 1. The van der Waals surface area contributed by atoms with Gasteiger partial charge in [0.15, 0.2) is 0 Å². The monoisotopic (exact) mass is 516 g/mol. The molecule has 2 heterocycles. The van der Waals surface area contributed by atoms with Crippen molar-refractivity contribution in [2.24, 2.45) is 0 Å². The Hall–Kier alpha value is -3.48. The number of pyridine rings is 1. The van der Waals surface area contributed by atoms with Crippen LogP contribution in [0.2, 0.25) is 5.02 Å². The van der Waals surface area contributed by atoms with Crippen molar-refractivity contribution in [1.29, 1.82) is 0 Å². The van der Waals surface area contributed by atoms with Gasteiger partial charge in [-0.15, -0.1) is 0 Å². The molecule has 1 saturated heterocycles. The lowest BCUT2D eigenvalue weighted by Gasteiger charge is -2.37. The first kappa shape index (κ1) is 25.2. The molecule has 0 amide bonds. The molecule has 0 aliphatic carbocycles. The Morgan fingerprint density at radius 1 is 0.865 bits per heavy atom. The van der Waals surface area contributed by atoms with Crippen molar-refractivity contribution in [3.8, 4) is 11.5 Å². The summed E-state index contributed by atoms with van der Waals surface area (Å²) in [6, 6.07) is 22.6. The largest absolute Gasteiger partial charge is 0.494 e. The smallest absolute Gasteiger partial charge is 0.142 e. The number of fused-ring (bicyclic) bond motifs is 1. The maximum atomic E-state index is 6.13. The molecule has 7 heteroatoms. The van der Waals surface area contributed by atoms with Crippen LogP contribution >= 0.6 is 11.6 Å². The van der Waals surface area contributed by atoms with Crippen molar-refractivity contribution in [2.45, 2.75) is 20.4 Å². The summed E-state index contributed by atoms with van der Waals surface area (Å²) in [7, 11) is 0. The molecule has 4 aromatic rings. The minimum absolute atomic E-state index is 0.650. The maximum Gasteiger partial charge on any atom is 0.142 e. The van der Waals surface area contributed by atoms with Gasteiger partial charge >= 0.3 is 0 Å². The van der Waals surface area contributed by atoms with E-state index in [2.05, 4.69) is 50.4 Å². The van der Waals surface area contributed by atoms with Crippen LogP contribution in [0.4, 0.5) is 17.1 Å². The molecule has 1 aliphatic rings. The van der Waals surface area contributed by atoms with E-state index in [-0.39, 0.29) is 0 Å². The van der Waals surface area contributed by atoms with Crippen LogP contribution in [-0.4, -0.2) is 49.3 Å². The molecule has 37 heavy (non-hydrogen) atoms. The average molecular weight is 517 g/mol. The summed E-state index contributed by atoms with van der Waals surface area (Å²) in [6.07, 6.45) is 1.80. The fraction of sp³-hybridized carbons (Fsp3) is 0.300. The fourth-order valence-electron chi connectivity index (χ4n) is 4.76. The zero-order valence-electron chi connectivity index (χ0n) is 21.4. The van der Waals surface area contributed by atoms with Gasteiger partial charge in [-0.1, -0.05) is 23.7 Å². The number of hydrogen-bond acceptors (Lipinski definition) is 6. The van der Waals surface area contributed by atoms with Gasteiger partial charge < -0.3 is 19.7 Å². The molecule has 3 aromatic carbocycles. The van der Waals surface area contributed by atoms with Crippen molar-refractivity contribution >= 4 is 39.6 Å². The second-order valence-corrected chi connectivity index (χ2v) is 9.54. The topological polar surface area (TPSA) is 49.9 Å². The molecule has 0 saturated carbocycles. The predicted molar refractivity (Wildman–Crippen MR) is 153 cm³/mol. The summed E-state index contributed by atoms with van der Waals surface area (Å²) in [4.78, 5) is 9.34. The van der Waals surface area contributed by atoms with E-state index in [4.69, 9.17) is 21.1 Å². The van der Waals surface area contributed by atoms with Crippen molar-refractivity contribution in [3.63, 3.8) is 0 Å². The third-order valence-electron chi connectivity index (χ3n) is 6.60. The van der Waals surface area contributed by atoms with Gasteiger partial charge in [-0.2, -0.15) is 0 Å². The van der Waals surface area contributed by atoms with E-state index >= 15 is 0 Å². The molecule has 6 nitrogen and oxygen atoms in total. The van der Waals surface area contributed by atoms with Crippen LogP contribution in [0, 0.1) is 0 Å². The quantitative estimate of drug-likeness (QED) is 0.265. The highest BCUT2D eigenvalue weighted by molar-refractivity contribution is 6.31. The van der Waals surface area contributed by atoms with Crippen molar-refractivity contribution in [1.82, 2.24) is 9.88 Å². The predicted octanol–water partition coefficient (Wildman–Crippen LogP) is 6.75. The Labute approximate surface area is 223 Å². The van der Waals surface area contributed by atoms with Crippen LogP contribution in [0.25, 0.3) is 10.9 Å². The Balaban J connectivity index is 1.20. The van der Waals surface area contributed by atoms with Crippen LogP contribution in [0.1, 0.15) is 19.4 Å². The molecule has 192 valence electrons. The van der Waals surface area contributed by atoms with Crippen LogP contribution in [-0.2, 0) is 6.54 Å². The molecular weight excluding hydrogens is 484 g/mol. The van der Waals surface area contributed by atoms with E-state index in [0.29, 0.717) is 18.2 Å². The van der Waals surface area contributed by atoms with E-state index in [1.165, 1.54) is 5.56 Å². The summed E-state index contributed by atoms with van der Waals surface area (Å²) >= 11 is 6.13. The number of benzene rings is 3. The zero-order valence-corrected chi connectivity index (χ0v) is 22.2. The Morgan fingerprint density at radius 2 is 1.65 bits per heavy atom. The van der Waals surface area contributed by atoms with Gasteiger partial charge in [0.1, 0.15) is 11.5 Å². The fourth-order valence-corrected chi connectivity index (χ4v) is 4.93. The number of nitrogens with one attached hydrogen (secondary N) is 1. The zero-order chi connectivity index (χ0) is 25.6. The summed E-state index contributed by atoms with van der Waals surface area (Å²) in [5.74, 6) is 1.81. The highest BCUT2D eigenvalue weighted by Gasteiger charge is 2.21. The SMILES string of the molecule is CCOc1ccc(OCC)c(N2CCN(Cc3ccc(Nc4ccnc5cc(Cl)ccc45)cc3)CC2)c1. The van der Waals surface area contributed by atoms with Gasteiger partial charge in [0, 0.05) is 66.8 Å². The average Bonchev–Trinajstić information content (AvgIpc) is 2.91. The second kappa shape index (κ2) is 11.7. The molecule has 1 aromatic heterocycles. The lowest BCUT2D eigenvalue weighted by atomic mass is 10.1. The van der Waals surface area contributed by atoms with Gasteiger partial charge in [-0.3, -0.25) is 9.88 Å². The molecule has 1 fully saturated rings. The number of rotatable bonds is 9. The highest BCUT2D eigenvalue weighted by Crippen LogP contribution is 2.33. The summed E-state index contributed by atoms with van der Waals surface area (Å²) < 4.78 is 11.6. The Bertz CT molecular complexity index is 1340. The number of hydrogen-bond donors (Lipinski definition) is 1. The summed E-state index contributed by atoms with van der Waals surface area (Å²) in [5.41, 5.74) is 5.37. The van der Waals surface area contributed by atoms with Crippen LogP contribution in [0.3, 0.4) is 0 Å². The van der Waals surface area contributed by atoms with Crippen LogP contribution in [0.15, 0.2) is 72.9 Å². The first-order chi connectivity index (χ1) is 18.1. The van der Waals surface area contributed by atoms with E-state index in [1.54, 1.807) is 6.20 Å². The summed E-state index contributed by atoms with van der Waals surface area (Å²) in [6.45, 7) is 10.2. The standard InChI is InChI=1S/C30H33ClN4O2/c1-3-36-25-10-12-30(37-4-2)29(20-25)35-17-15-34(16-18-35)21-22-5-8-24(9-6-22)33-27-13-14-32-28-19-23(31)7-11-26(27)28/h5-14,19-20H,3-4,15-18,21H2,1-2H3,(H,32,33). The molecule has 0 spiro atoms. The van der Waals surface area contributed by atoms with Gasteiger partial charge in [-0.05, 0) is 67.9 Å². The third-order valence-corrected chi connectivity index (χ3v) is 6.83. The minimum Gasteiger partial charge on any atom is -0.494 e. The molecule has 0 radical (unpaired) electrons. The molecule has 0 atom stereocenters. The lowest BCUT2D eigenvalue weighted by molar-refractivity contribution is 0.248. The number of aromatic nitrogens is 1. The van der Waals surface area contributed by atoms with Gasteiger partial charge in [0.05, 0.1) is 24.4 Å². The van der Waals surface area contributed by atoms with Crippen molar-refractivity contribution in [3.05, 3.63) is 83.5 Å². The lowest BCUT2D eigenvalue weighted by Crippen LogP contribution is -2.46. The number of ether oxygens (including phenoxy) is 2. The molecule has 1 N–H and O–H groups in total. The van der Waals surface area contributed by atoms with Crippen LogP contribution < -0.4 is 19.7 Å². The highest BCUT2D eigenvalue weighted by atomic mass is 35.5. The Kier molecular flexibility index (Phi) is 7.97. The Morgan fingerprint density at radius 3 is 2.41 bits per heavy atom. The van der Waals surface area contributed by atoms with Crippen LogP contribution in [0.5, 0.6) is 11.5 Å². The molecule has 1 aliphatic heterocycles. The molecular formula is C30H33ClN4O2. The van der Waals surface area contributed by atoms with Crippen molar-refractivity contribution in [2.75, 3.05) is 49.6 Å². The van der Waals surface area contributed by atoms with Crippen molar-refractivity contribution < 1.29 is 9.47 Å². The van der Waals surface area contributed by atoms with E-state index in [0.717, 1.165) is 72.2 Å². The maximum absolute atomic E-state index is 6.13. The van der Waals surface area contributed by atoms with E-state index < -0.39 is 0 Å². The summed E-state index contributed by atoms with van der Waals surface area (Å²) in [5, 5.41) is 5.26. The van der Waals surface area contributed by atoms with E-state index in [1.807, 2.05) is 50.2 Å².